The normalized spacial score (nSPS) is 35.3. The zero-order valence-electron chi connectivity index (χ0n) is 7.65. The van der Waals surface area contributed by atoms with E-state index in [0.29, 0.717) is 5.57 Å². The minimum atomic E-state index is -1.96. The van der Waals surface area contributed by atoms with Crippen LogP contribution in [-0.2, 0) is 4.79 Å². The maximum absolute atomic E-state index is 11.3. The standard InChI is InChI=1S/C8H11N3O3/c1-4-2-5-3-11(7(13)10-5)8(4,14)6(9)12/h2,5,14H,3H2,1H3,(H2,9,12)(H,10,13). The predicted octanol–water partition coefficient (Wildman–Crippen LogP) is -1.49. The number of carbonyl (C=O) groups is 2. The number of fused-ring (bicyclic) bond motifs is 2. The van der Waals surface area contributed by atoms with Crippen LogP contribution in [0.5, 0.6) is 0 Å². The second-order valence-electron chi connectivity index (χ2n) is 3.55. The van der Waals surface area contributed by atoms with E-state index < -0.39 is 17.7 Å². The lowest BCUT2D eigenvalue weighted by Crippen LogP contribution is -2.60. The number of amides is 3. The molecule has 2 bridgehead atoms. The number of hydrogen-bond acceptors (Lipinski definition) is 3. The summed E-state index contributed by atoms with van der Waals surface area (Å²) in [7, 11) is 0. The van der Waals surface area contributed by atoms with Gasteiger partial charge >= 0.3 is 6.03 Å². The number of urea groups is 1. The molecule has 14 heavy (non-hydrogen) atoms. The number of nitrogens with zero attached hydrogens (tertiary/aromatic N) is 1. The van der Waals surface area contributed by atoms with Crippen LogP contribution in [0.15, 0.2) is 11.6 Å². The van der Waals surface area contributed by atoms with Gasteiger partial charge in [-0.25, -0.2) is 4.79 Å². The Morgan fingerprint density at radius 3 is 3.07 bits per heavy atom. The molecule has 1 saturated heterocycles. The van der Waals surface area contributed by atoms with E-state index in [1.54, 1.807) is 13.0 Å². The molecule has 76 valence electrons. The van der Waals surface area contributed by atoms with Crippen molar-refractivity contribution in [3.05, 3.63) is 11.6 Å². The summed E-state index contributed by atoms with van der Waals surface area (Å²) in [5.41, 5.74) is 3.51. The van der Waals surface area contributed by atoms with Gasteiger partial charge in [0.2, 0.25) is 5.72 Å². The van der Waals surface area contributed by atoms with E-state index in [0.717, 1.165) is 4.90 Å². The molecule has 0 aromatic rings. The van der Waals surface area contributed by atoms with E-state index in [1.165, 1.54) is 0 Å². The monoisotopic (exact) mass is 197 g/mol. The summed E-state index contributed by atoms with van der Waals surface area (Å²) in [6, 6.07) is -0.605. The zero-order valence-corrected chi connectivity index (χ0v) is 7.65. The van der Waals surface area contributed by atoms with Crippen LogP contribution in [-0.4, -0.2) is 40.3 Å². The molecule has 2 aliphatic heterocycles. The molecular weight excluding hydrogens is 186 g/mol. The summed E-state index contributed by atoms with van der Waals surface area (Å²) in [5.74, 6) is -0.929. The number of nitrogens with two attached hydrogens (primary N) is 1. The molecule has 0 radical (unpaired) electrons. The van der Waals surface area contributed by atoms with Gasteiger partial charge < -0.3 is 16.2 Å². The molecule has 0 aromatic heterocycles. The fraction of sp³-hybridized carbons (Fsp3) is 0.500. The molecule has 0 aliphatic carbocycles. The third kappa shape index (κ3) is 0.884. The van der Waals surface area contributed by atoms with Crippen LogP contribution >= 0.6 is 0 Å². The number of nitrogens with one attached hydrogen (secondary N) is 1. The van der Waals surface area contributed by atoms with Gasteiger partial charge in [0.05, 0.1) is 6.04 Å². The van der Waals surface area contributed by atoms with Crippen LogP contribution in [0, 0.1) is 0 Å². The number of carbonyl (C=O) groups excluding carboxylic acids is 2. The lowest BCUT2D eigenvalue weighted by atomic mass is 9.96. The molecule has 1 fully saturated rings. The minimum Gasteiger partial charge on any atom is -0.365 e. The highest BCUT2D eigenvalue weighted by molar-refractivity contribution is 5.93. The maximum Gasteiger partial charge on any atom is 0.320 e. The Labute approximate surface area is 80.4 Å². The first-order chi connectivity index (χ1) is 6.46. The fourth-order valence-electron chi connectivity index (χ4n) is 1.89. The van der Waals surface area contributed by atoms with Gasteiger partial charge in [-0.3, -0.25) is 9.69 Å². The van der Waals surface area contributed by atoms with Crippen LogP contribution in [0.25, 0.3) is 0 Å². The van der Waals surface area contributed by atoms with Crippen molar-refractivity contribution in [2.24, 2.45) is 5.73 Å². The van der Waals surface area contributed by atoms with E-state index in [-0.39, 0.29) is 12.6 Å². The summed E-state index contributed by atoms with van der Waals surface area (Å²) in [4.78, 5) is 23.5. The van der Waals surface area contributed by atoms with E-state index >= 15 is 0 Å². The summed E-state index contributed by atoms with van der Waals surface area (Å²) in [6.07, 6.45) is 1.64. The molecular formula is C8H11N3O3. The number of hydrogen-bond donors (Lipinski definition) is 3. The Kier molecular flexibility index (Phi) is 1.59. The van der Waals surface area contributed by atoms with E-state index in [4.69, 9.17) is 5.73 Å². The molecule has 0 aromatic carbocycles. The average molecular weight is 197 g/mol. The molecule has 3 amide bonds. The Bertz CT molecular complexity index is 352. The molecule has 2 heterocycles. The van der Waals surface area contributed by atoms with E-state index in [9.17, 15) is 14.7 Å². The van der Waals surface area contributed by atoms with Crippen molar-refractivity contribution < 1.29 is 14.7 Å². The Morgan fingerprint density at radius 2 is 2.50 bits per heavy atom. The van der Waals surface area contributed by atoms with Crippen LogP contribution in [0.2, 0.25) is 0 Å². The molecule has 6 nitrogen and oxygen atoms in total. The van der Waals surface area contributed by atoms with Gasteiger partial charge in [-0.15, -0.1) is 0 Å². The first kappa shape index (κ1) is 9.01. The average Bonchev–Trinajstić information content (AvgIpc) is 2.40. The largest absolute Gasteiger partial charge is 0.365 e. The number of aliphatic hydroxyl groups is 1. The van der Waals surface area contributed by atoms with E-state index in [2.05, 4.69) is 5.32 Å². The van der Waals surface area contributed by atoms with Gasteiger partial charge in [0.25, 0.3) is 5.91 Å². The number of primary amides is 1. The quantitative estimate of drug-likeness (QED) is 0.447. The van der Waals surface area contributed by atoms with Crippen molar-refractivity contribution in [2.75, 3.05) is 6.54 Å². The van der Waals surface area contributed by atoms with Crippen molar-refractivity contribution in [3.63, 3.8) is 0 Å². The predicted molar refractivity (Wildman–Crippen MR) is 46.9 cm³/mol. The summed E-state index contributed by atoms with van der Waals surface area (Å²) in [5, 5.41) is 12.6. The maximum atomic E-state index is 11.3. The Morgan fingerprint density at radius 1 is 1.86 bits per heavy atom. The third-order valence-corrected chi connectivity index (χ3v) is 2.67. The summed E-state index contributed by atoms with van der Waals surface area (Å²) in [6.45, 7) is 1.85. The first-order valence-electron chi connectivity index (χ1n) is 4.25. The second kappa shape index (κ2) is 2.48. The van der Waals surface area contributed by atoms with Crippen LogP contribution in [0.3, 0.4) is 0 Å². The smallest absolute Gasteiger partial charge is 0.320 e. The highest BCUT2D eigenvalue weighted by atomic mass is 16.3. The molecule has 2 aliphatic rings. The van der Waals surface area contributed by atoms with Crippen molar-refractivity contribution >= 4 is 11.9 Å². The lowest BCUT2D eigenvalue weighted by molar-refractivity contribution is -0.145. The first-order valence-corrected chi connectivity index (χ1v) is 4.25. The minimum absolute atomic E-state index is 0.137. The van der Waals surface area contributed by atoms with Crippen LogP contribution in [0.1, 0.15) is 6.92 Å². The van der Waals surface area contributed by atoms with Crippen molar-refractivity contribution in [1.29, 1.82) is 0 Å². The van der Waals surface area contributed by atoms with Crippen LogP contribution in [0.4, 0.5) is 4.79 Å². The van der Waals surface area contributed by atoms with Gasteiger partial charge in [-0.05, 0) is 12.5 Å². The van der Waals surface area contributed by atoms with Gasteiger partial charge in [0, 0.05) is 6.54 Å². The van der Waals surface area contributed by atoms with Gasteiger partial charge in [0.1, 0.15) is 0 Å². The van der Waals surface area contributed by atoms with Gasteiger partial charge in [-0.1, -0.05) is 6.08 Å². The van der Waals surface area contributed by atoms with Gasteiger partial charge in [0.15, 0.2) is 0 Å². The fourth-order valence-corrected chi connectivity index (χ4v) is 1.89. The molecule has 4 N–H and O–H groups in total. The molecule has 0 saturated carbocycles. The molecule has 2 rings (SSSR count). The number of rotatable bonds is 1. The summed E-state index contributed by atoms with van der Waals surface area (Å²) < 4.78 is 0. The highest BCUT2D eigenvalue weighted by Gasteiger charge is 2.52. The van der Waals surface area contributed by atoms with Crippen LogP contribution < -0.4 is 11.1 Å². The zero-order chi connectivity index (χ0) is 10.5. The van der Waals surface area contributed by atoms with Crippen molar-refractivity contribution in [3.8, 4) is 0 Å². The van der Waals surface area contributed by atoms with Crippen molar-refractivity contribution in [2.45, 2.75) is 18.7 Å². The molecule has 2 atom stereocenters. The summed E-state index contributed by atoms with van der Waals surface area (Å²) >= 11 is 0. The highest BCUT2D eigenvalue weighted by Crippen LogP contribution is 2.30. The van der Waals surface area contributed by atoms with Crippen molar-refractivity contribution in [1.82, 2.24) is 10.2 Å². The Hall–Kier alpha value is -1.56. The SMILES string of the molecule is CC1=CC2CN(C(=O)N2)C1(O)C(N)=O. The van der Waals surface area contributed by atoms with E-state index in [1.807, 2.05) is 0 Å². The second-order valence-corrected chi connectivity index (χ2v) is 3.55. The third-order valence-electron chi connectivity index (χ3n) is 2.67. The topological polar surface area (TPSA) is 95.7 Å². The van der Waals surface area contributed by atoms with Gasteiger partial charge in [-0.2, -0.15) is 0 Å². The lowest BCUT2D eigenvalue weighted by Gasteiger charge is -2.36. The molecule has 0 spiro atoms. The Balaban J connectivity index is 2.50. The molecule has 2 unspecified atom stereocenters. The molecule has 6 heteroatoms.